The van der Waals surface area contributed by atoms with Gasteiger partial charge in [-0.2, -0.15) is 0 Å². The van der Waals surface area contributed by atoms with Crippen LogP contribution in [0.25, 0.3) is 0 Å². The van der Waals surface area contributed by atoms with E-state index in [-0.39, 0.29) is 0 Å². The van der Waals surface area contributed by atoms with E-state index in [2.05, 4.69) is 37.4 Å². The normalized spacial score (nSPS) is 10.4. The highest BCUT2D eigenvalue weighted by molar-refractivity contribution is 6.42. The zero-order valence-corrected chi connectivity index (χ0v) is 11.9. The molecule has 2 aromatic rings. The molecule has 0 aliphatic rings. The van der Waals surface area contributed by atoms with Crippen LogP contribution in [0, 0.1) is 13.8 Å². The van der Waals surface area contributed by atoms with Gasteiger partial charge in [0.05, 0.1) is 10.0 Å². The first-order valence-electron chi connectivity index (χ1n) is 5.82. The van der Waals surface area contributed by atoms with Crippen LogP contribution in [0.5, 0.6) is 0 Å². The summed E-state index contributed by atoms with van der Waals surface area (Å²) in [6.45, 7) is 4.97. The molecule has 0 aliphatic heterocycles. The number of rotatable bonds is 3. The van der Waals surface area contributed by atoms with E-state index in [4.69, 9.17) is 23.2 Å². The Morgan fingerprint density at radius 1 is 1.00 bits per heavy atom. The standard InChI is InChI=1S/C15H15Cl2N/c1-10-4-3-5-15(11(10)2)18-9-12-6-7-13(16)14(17)8-12/h3-8,18H,9H2,1-2H3. The molecule has 0 saturated heterocycles. The van der Waals surface area contributed by atoms with Crippen LogP contribution in [-0.2, 0) is 6.54 Å². The summed E-state index contributed by atoms with van der Waals surface area (Å²) in [6.07, 6.45) is 0. The van der Waals surface area contributed by atoms with Crippen molar-refractivity contribution in [2.45, 2.75) is 20.4 Å². The number of aryl methyl sites for hydroxylation is 1. The van der Waals surface area contributed by atoms with Gasteiger partial charge in [0, 0.05) is 12.2 Å². The largest absolute Gasteiger partial charge is 0.381 e. The summed E-state index contributed by atoms with van der Waals surface area (Å²) in [5.41, 5.74) is 4.83. The molecular weight excluding hydrogens is 265 g/mol. The summed E-state index contributed by atoms with van der Waals surface area (Å²) < 4.78 is 0. The first kappa shape index (κ1) is 13.3. The molecule has 3 heteroatoms. The zero-order valence-electron chi connectivity index (χ0n) is 10.4. The number of hydrogen-bond acceptors (Lipinski definition) is 1. The molecule has 0 aliphatic carbocycles. The molecule has 0 spiro atoms. The first-order valence-corrected chi connectivity index (χ1v) is 6.57. The summed E-state index contributed by atoms with van der Waals surface area (Å²) in [5, 5.41) is 4.60. The van der Waals surface area contributed by atoms with Gasteiger partial charge in [0.1, 0.15) is 0 Å². The molecule has 1 N–H and O–H groups in total. The molecule has 0 aromatic heterocycles. The minimum absolute atomic E-state index is 0.590. The molecule has 0 heterocycles. The highest BCUT2D eigenvalue weighted by Crippen LogP contribution is 2.24. The predicted molar refractivity (Wildman–Crippen MR) is 79.7 cm³/mol. The van der Waals surface area contributed by atoms with Gasteiger partial charge in [-0.1, -0.05) is 41.4 Å². The number of anilines is 1. The second-order valence-electron chi connectivity index (χ2n) is 4.35. The van der Waals surface area contributed by atoms with Gasteiger partial charge in [0.25, 0.3) is 0 Å². The van der Waals surface area contributed by atoms with Crippen LogP contribution in [0.1, 0.15) is 16.7 Å². The van der Waals surface area contributed by atoms with Crippen LogP contribution < -0.4 is 5.32 Å². The maximum absolute atomic E-state index is 5.99. The fourth-order valence-electron chi connectivity index (χ4n) is 1.79. The molecule has 0 fully saturated rings. The quantitative estimate of drug-likeness (QED) is 0.812. The molecule has 1 nitrogen and oxygen atoms in total. The maximum Gasteiger partial charge on any atom is 0.0595 e. The van der Waals surface area contributed by atoms with E-state index in [0.717, 1.165) is 17.8 Å². The van der Waals surface area contributed by atoms with Crippen molar-refractivity contribution in [3.8, 4) is 0 Å². The SMILES string of the molecule is Cc1cccc(NCc2ccc(Cl)c(Cl)c2)c1C. The van der Waals surface area contributed by atoms with Crippen LogP contribution in [0.2, 0.25) is 10.0 Å². The van der Waals surface area contributed by atoms with E-state index >= 15 is 0 Å². The molecule has 0 atom stereocenters. The predicted octanol–water partition coefficient (Wildman–Crippen LogP) is 5.22. The van der Waals surface area contributed by atoms with Crippen molar-refractivity contribution in [2.24, 2.45) is 0 Å². The van der Waals surface area contributed by atoms with Gasteiger partial charge >= 0.3 is 0 Å². The fourth-order valence-corrected chi connectivity index (χ4v) is 2.11. The van der Waals surface area contributed by atoms with Gasteiger partial charge in [0.15, 0.2) is 0 Å². The molecule has 0 bridgehead atoms. The van der Waals surface area contributed by atoms with Gasteiger partial charge in [0.2, 0.25) is 0 Å². The molecule has 18 heavy (non-hydrogen) atoms. The molecule has 2 aromatic carbocycles. The van der Waals surface area contributed by atoms with Gasteiger partial charge in [-0.05, 0) is 48.7 Å². The smallest absolute Gasteiger partial charge is 0.0595 e. The number of benzene rings is 2. The average molecular weight is 280 g/mol. The number of halogens is 2. The third-order valence-corrected chi connectivity index (χ3v) is 3.81. The second-order valence-corrected chi connectivity index (χ2v) is 5.16. The lowest BCUT2D eigenvalue weighted by molar-refractivity contribution is 1.13. The van der Waals surface area contributed by atoms with E-state index in [1.54, 1.807) is 0 Å². The highest BCUT2D eigenvalue weighted by Gasteiger charge is 2.02. The number of hydrogen-bond donors (Lipinski definition) is 1. The molecule has 0 amide bonds. The van der Waals surface area contributed by atoms with Crippen LogP contribution in [0.4, 0.5) is 5.69 Å². The topological polar surface area (TPSA) is 12.0 Å². The fraction of sp³-hybridized carbons (Fsp3) is 0.200. The molecule has 0 radical (unpaired) electrons. The van der Waals surface area contributed by atoms with E-state index < -0.39 is 0 Å². The van der Waals surface area contributed by atoms with Gasteiger partial charge in [-0.25, -0.2) is 0 Å². The zero-order chi connectivity index (χ0) is 13.1. The van der Waals surface area contributed by atoms with E-state index in [1.165, 1.54) is 11.1 Å². The van der Waals surface area contributed by atoms with Gasteiger partial charge in [-0.15, -0.1) is 0 Å². The van der Waals surface area contributed by atoms with E-state index in [0.29, 0.717) is 10.0 Å². The summed E-state index contributed by atoms with van der Waals surface area (Å²) in [6, 6.07) is 11.9. The Hall–Kier alpha value is -1.18. The molecule has 0 unspecified atom stereocenters. The average Bonchev–Trinajstić information content (AvgIpc) is 2.35. The van der Waals surface area contributed by atoms with Crippen LogP contribution >= 0.6 is 23.2 Å². The van der Waals surface area contributed by atoms with Crippen molar-refractivity contribution in [1.82, 2.24) is 0 Å². The van der Waals surface area contributed by atoms with Crippen molar-refractivity contribution >= 4 is 28.9 Å². The van der Waals surface area contributed by atoms with Crippen molar-refractivity contribution in [1.29, 1.82) is 0 Å². The van der Waals surface area contributed by atoms with E-state index in [9.17, 15) is 0 Å². The summed E-state index contributed by atoms with van der Waals surface area (Å²) >= 11 is 11.9. The Balaban J connectivity index is 2.11. The summed E-state index contributed by atoms with van der Waals surface area (Å²) in [7, 11) is 0. The Bertz CT molecular complexity index is 564. The van der Waals surface area contributed by atoms with Crippen molar-refractivity contribution in [2.75, 3.05) is 5.32 Å². The lowest BCUT2D eigenvalue weighted by Gasteiger charge is -2.11. The van der Waals surface area contributed by atoms with Gasteiger partial charge < -0.3 is 5.32 Å². The summed E-state index contributed by atoms with van der Waals surface area (Å²) in [5.74, 6) is 0. The van der Waals surface area contributed by atoms with Crippen LogP contribution in [0.3, 0.4) is 0 Å². The van der Waals surface area contributed by atoms with Crippen LogP contribution in [0.15, 0.2) is 36.4 Å². The monoisotopic (exact) mass is 279 g/mol. The Kier molecular flexibility index (Phi) is 4.15. The third-order valence-electron chi connectivity index (χ3n) is 3.07. The molecule has 94 valence electrons. The van der Waals surface area contributed by atoms with Gasteiger partial charge in [-0.3, -0.25) is 0 Å². The third kappa shape index (κ3) is 2.98. The van der Waals surface area contributed by atoms with Crippen molar-refractivity contribution < 1.29 is 0 Å². The van der Waals surface area contributed by atoms with E-state index in [1.807, 2.05) is 18.2 Å². The Morgan fingerprint density at radius 3 is 2.50 bits per heavy atom. The lowest BCUT2D eigenvalue weighted by Crippen LogP contribution is -2.01. The molecule has 2 rings (SSSR count). The van der Waals surface area contributed by atoms with Crippen molar-refractivity contribution in [3.63, 3.8) is 0 Å². The van der Waals surface area contributed by atoms with Crippen molar-refractivity contribution in [3.05, 3.63) is 63.1 Å². The lowest BCUT2D eigenvalue weighted by atomic mass is 10.1. The highest BCUT2D eigenvalue weighted by atomic mass is 35.5. The molecular formula is C15H15Cl2N. The Morgan fingerprint density at radius 2 is 1.78 bits per heavy atom. The number of nitrogens with one attached hydrogen (secondary N) is 1. The first-order chi connectivity index (χ1) is 8.58. The molecule has 0 saturated carbocycles. The Labute approximate surface area is 118 Å². The summed E-state index contributed by atoms with van der Waals surface area (Å²) in [4.78, 5) is 0. The second kappa shape index (κ2) is 5.64. The van der Waals surface area contributed by atoms with Crippen LogP contribution in [-0.4, -0.2) is 0 Å². The minimum Gasteiger partial charge on any atom is -0.381 e. The minimum atomic E-state index is 0.590. The maximum atomic E-state index is 5.99.